The second-order valence-electron chi connectivity index (χ2n) is 6.23. The topological polar surface area (TPSA) is 55.6 Å². The van der Waals surface area contributed by atoms with Crippen LogP contribution in [0.5, 0.6) is 5.75 Å². The number of para-hydroxylation sites is 1. The second-order valence-corrected chi connectivity index (χ2v) is 7.08. The third-order valence-corrected chi connectivity index (χ3v) is 4.73. The molecule has 1 unspecified atom stereocenters. The van der Waals surface area contributed by atoms with Crippen LogP contribution in [0.3, 0.4) is 0 Å². The second kappa shape index (κ2) is 8.18. The predicted molar refractivity (Wildman–Crippen MR) is 94.5 cm³/mol. The van der Waals surface area contributed by atoms with Crippen LogP contribution in [-0.2, 0) is 4.79 Å². The lowest BCUT2D eigenvalue weighted by Crippen LogP contribution is -2.54. The molecule has 2 N–H and O–H groups in total. The Bertz CT molecular complexity index is 511. The molecule has 0 saturated carbocycles. The van der Waals surface area contributed by atoms with Crippen LogP contribution in [0.15, 0.2) is 28.7 Å². The summed E-state index contributed by atoms with van der Waals surface area (Å²) in [5.41, 5.74) is 6.08. The average Bonchev–Trinajstić information content (AvgIpc) is 2.43. The number of amides is 1. The SMILES string of the molecule is CC1(C)CN(C(=O)CCOc2ccccc2Br)CCC1N.Cl. The zero-order valence-electron chi connectivity index (χ0n) is 13.0. The van der Waals surface area contributed by atoms with Crippen LogP contribution in [0.2, 0.25) is 0 Å². The molecule has 6 heteroatoms. The number of carbonyl (C=O) groups is 1. The number of nitrogens with zero attached hydrogens (tertiary/aromatic N) is 1. The van der Waals surface area contributed by atoms with Crippen LogP contribution >= 0.6 is 28.3 Å². The summed E-state index contributed by atoms with van der Waals surface area (Å²) in [5.74, 6) is 0.910. The minimum absolute atomic E-state index is 0. The van der Waals surface area contributed by atoms with Gasteiger partial charge in [-0.3, -0.25) is 4.79 Å². The molecule has 22 heavy (non-hydrogen) atoms. The predicted octanol–water partition coefficient (Wildman–Crippen LogP) is 3.23. The Morgan fingerprint density at radius 1 is 1.45 bits per heavy atom. The monoisotopic (exact) mass is 390 g/mol. The van der Waals surface area contributed by atoms with E-state index in [1.807, 2.05) is 29.2 Å². The quantitative estimate of drug-likeness (QED) is 0.857. The van der Waals surface area contributed by atoms with Crippen molar-refractivity contribution < 1.29 is 9.53 Å². The summed E-state index contributed by atoms with van der Waals surface area (Å²) in [6, 6.07) is 7.82. The molecule has 0 aromatic heterocycles. The number of hydrogen-bond acceptors (Lipinski definition) is 3. The number of piperidine rings is 1. The summed E-state index contributed by atoms with van der Waals surface area (Å²) in [7, 11) is 0. The summed E-state index contributed by atoms with van der Waals surface area (Å²) in [5, 5.41) is 0. The zero-order valence-corrected chi connectivity index (χ0v) is 15.5. The van der Waals surface area contributed by atoms with Crippen molar-refractivity contribution in [1.82, 2.24) is 4.90 Å². The van der Waals surface area contributed by atoms with Gasteiger partial charge in [0.1, 0.15) is 5.75 Å². The van der Waals surface area contributed by atoms with Crippen LogP contribution in [0.25, 0.3) is 0 Å². The number of likely N-dealkylation sites (tertiary alicyclic amines) is 1. The van der Waals surface area contributed by atoms with Gasteiger partial charge in [0.15, 0.2) is 0 Å². The van der Waals surface area contributed by atoms with Crippen LogP contribution in [0.4, 0.5) is 0 Å². The number of hydrogen-bond donors (Lipinski definition) is 1. The van der Waals surface area contributed by atoms with Gasteiger partial charge in [0.25, 0.3) is 0 Å². The highest BCUT2D eigenvalue weighted by Gasteiger charge is 2.35. The molecular formula is C16H24BrClN2O2. The first kappa shape index (κ1) is 19.3. The summed E-state index contributed by atoms with van der Waals surface area (Å²) in [6.07, 6.45) is 1.26. The van der Waals surface area contributed by atoms with E-state index in [4.69, 9.17) is 10.5 Å². The molecule has 1 saturated heterocycles. The molecule has 1 amide bonds. The van der Waals surface area contributed by atoms with Crippen molar-refractivity contribution in [3.63, 3.8) is 0 Å². The molecule has 4 nitrogen and oxygen atoms in total. The highest BCUT2D eigenvalue weighted by atomic mass is 79.9. The smallest absolute Gasteiger partial charge is 0.226 e. The normalized spacial score (nSPS) is 20.2. The van der Waals surface area contributed by atoms with Crippen molar-refractivity contribution in [2.24, 2.45) is 11.1 Å². The largest absolute Gasteiger partial charge is 0.492 e. The van der Waals surface area contributed by atoms with Crippen LogP contribution in [0.1, 0.15) is 26.7 Å². The molecule has 1 aliphatic rings. The van der Waals surface area contributed by atoms with Gasteiger partial charge in [0, 0.05) is 19.1 Å². The van der Waals surface area contributed by atoms with Crippen molar-refractivity contribution in [2.75, 3.05) is 19.7 Å². The highest BCUT2D eigenvalue weighted by molar-refractivity contribution is 9.10. The first-order valence-electron chi connectivity index (χ1n) is 7.31. The summed E-state index contributed by atoms with van der Waals surface area (Å²) >= 11 is 3.43. The van der Waals surface area contributed by atoms with Crippen LogP contribution in [-0.4, -0.2) is 36.5 Å². The Balaban J connectivity index is 0.00000242. The fraction of sp³-hybridized carbons (Fsp3) is 0.562. The minimum Gasteiger partial charge on any atom is -0.492 e. The molecule has 0 spiro atoms. The molecule has 0 bridgehead atoms. The fourth-order valence-electron chi connectivity index (χ4n) is 2.55. The van der Waals surface area contributed by atoms with Crippen molar-refractivity contribution in [2.45, 2.75) is 32.7 Å². The van der Waals surface area contributed by atoms with E-state index in [9.17, 15) is 4.79 Å². The van der Waals surface area contributed by atoms with Gasteiger partial charge >= 0.3 is 0 Å². The molecule has 1 heterocycles. The van der Waals surface area contributed by atoms with E-state index in [1.54, 1.807) is 0 Å². The first-order chi connectivity index (χ1) is 9.90. The van der Waals surface area contributed by atoms with Crippen LogP contribution < -0.4 is 10.5 Å². The Morgan fingerprint density at radius 2 is 2.14 bits per heavy atom. The van der Waals surface area contributed by atoms with Gasteiger partial charge in [-0.05, 0) is 39.9 Å². The Morgan fingerprint density at radius 3 is 2.77 bits per heavy atom. The molecule has 1 aromatic rings. The fourth-order valence-corrected chi connectivity index (χ4v) is 2.95. The van der Waals surface area contributed by atoms with Gasteiger partial charge in [0.05, 0.1) is 17.5 Å². The van der Waals surface area contributed by atoms with Gasteiger partial charge in [-0.25, -0.2) is 0 Å². The van der Waals surface area contributed by atoms with Crippen LogP contribution in [0, 0.1) is 5.41 Å². The Hall–Kier alpha value is -0.780. The number of rotatable bonds is 4. The maximum atomic E-state index is 12.3. The first-order valence-corrected chi connectivity index (χ1v) is 8.10. The summed E-state index contributed by atoms with van der Waals surface area (Å²) in [4.78, 5) is 14.2. The molecule has 1 aliphatic heterocycles. The maximum Gasteiger partial charge on any atom is 0.226 e. The lowest BCUT2D eigenvalue weighted by atomic mass is 9.79. The molecule has 0 radical (unpaired) electrons. The van der Waals surface area contributed by atoms with Gasteiger partial charge in [-0.2, -0.15) is 0 Å². The molecule has 124 valence electrons. The maximum absolute atomic E-state index is 12.3. The number of carbonyl (C=O) groups excluding carboxylic acids is 1. The molecular weight excluding hydrogens is 368 g/mol. The van der Waals surface area contributed by atoms with E-state index in [1.165, 1.54) is 0 Å². The average molecular weight is 392 g/mol. The van der Waals surface area contributed by atoms with Crippen molar-refractivity contribution in [3.05, 3.63) is 28.7 Å². The third-order valence-electron chi connectivity index (χ3n) is 4.08. The molecule has 1 fully saturated rings. The van der Waals surface area contributed by atoms with E-state index in [-0.39, 0.29) is 29.8 Å². The third kappa shape index (κ3) is 4.86. The Labute approximate surface area is 146 Å². The van der Waals surface area contributed by atoms with E-state index >= 15 is 0 Å². The Kier molecular flexibility index (Phi) is 7.16. The van der Waals surface area contributed by atoms with Gasteiger partial charge in [-0.15, -0.1) is 12.4 Å². The van der Waals surface area contributed by atoms with Gasteiger partial charge in [-0.1, -0.05) is 26.0 Å². The lowest BCUT2D eigenvalue weighted by Gasteiger charge is -2.42. The number of ether oxygens (including phenoxy) is 1. The minimum atomic E-state index is -0.0166. The molecule has 1 aromatic carbocycles. The van der Waals surface area contributed by atoms with Crippen molar-refractivity contribution in [3.8, 4) is 5.75 Å². The van der Waals surface area contributed by atoms with E-state index in [2.05, 4.69) is 29.8 Å². The molecule has 1 atom stereocenters. The zero-order chi connectivity index (χ0) is 15.5. The van der Waals surface area contributed by atoms with Crippen molar-refractivity contribution >= 4 is 34.2 Å². The summed E-state index contributed by atoms with van der Waals surface area (Å²) < 4.78 is 6.56. The van der Waals surface area contributed by atoms with Crippen molar-refractivity contribution in [1.29, 1.82) is 0 Å². The van der Waals surface area contributed by atoms with E-state index in [0.29, 0.717) is 13.0 Å². The number of nitrogens with two attached hydrogens (primary N) is 1. The van der Waals surface area contributed by atoms with E-state index in [0.717, 1.165) is 29.7 Å². The highest BCUT2D eigenvalue weighted by Crippen LogP contribution is 2.28. The van der Waals surface area contributed by atoms with E-state index < -0.39 is 0 Å². The number of halogens is 2. The van der Waals surface area contributed by atoms with Gasteiger partial charge in [0.2, 0.25) is 5.91 Å². The molecule has 0 aliphatic carbocycles. The standard InChI is InChI=1S/C16H23BrN2O2.ClH/c1-16(2)11-19(9-7-14(16)18)15(20)8-10-21-13-6-4-3-5-12(13)17;/h3-6,14H,7-11,18H2,1-2H3;1H. The van der Waals surface area contributed by atoms with Gasteiger partial charge < -0.3 is 15.4 Å². The lowest BCUT2D eigenvalue weighted by molar-refractivity contribution is -0.135. The number of benzene rings is 1. The summed E-state index contributed by atoms with van der Waals surface area (Å²) in [6.45, 7) is 6.11. The molecule has 2 rings (SSSR count).